The van der Waals surface area contributed by atoms with E-state index in [0.717, 1.165) is 10.9 Å². The van der Waals surface area contributed by atoms with Gasteiger partial charge in [0.05, 0.1) is 18.2 Å². The summed E-state index contributed by atoms with van der Waals surface area (Å²) in [5, 5.41) is 13.2. The summed E-state index contributed by atoms with van der Waals surface area (Å²) in [6.07, 6.45) is 2.05. The maximum Gasteiger partial charge on any atom is 0.264 e. The highest BCUT2D eigenvalue weighted by molar-refractivity contribution is 7.93. The van der Waals surface area contributed by atoms with Gasteiger partial charge in [-0.1, -0.05) is 48.5 Å². The largest absolute Gasteiger partial charge is 0.394 e. The summed E-state index contributed by atoms with van der Waals surface area (Å²) < 4.78 is 28.4. The van der Waals surface area contributed by atoms with Crippen LogP contribution in [-0.2, 0) is 16.4 Å². The second-order valence-electron chi connectivity index (χ2n) is 7.56. The van der Waals surface area contributed by atoms with Gasteiger partial charge in [0.25, 0.3) is 15.9 Å². The van der Waals surface area contributed by atoms with Gasteiger partial charge in [0, 0.05) is 22.8 Å². The van der Waals surface area contributed by atoms with E-state index in [0.29, 0.717) is 23.2 Å². The fourth-order valence-corrected chi connectivity index (χ4v) is 4.76. The number of pyridine rings is 1. The Morgan fingerprint density at radius 1 is 0.909 bits per heavy atom. The molecule has 0 saturated heterocycles. The first kappa shape index (κ1) is 22.4. The lowest BCUT2D eigenvalue weighted by atomic mass is 10.1. The van der Waals surface area contributed by atoms with Gasteiger partial charge in [-0.2, -0.15) is 0 Å². The normalized spacial score (nSPS) is 12.3. The molecule has 3 N–H and O–H groups in total. The number of carbonyl (C=O) groups excluding carboxylic acids is 1. The number of hydrogen-bond donors (Lipinski definition) is 3. The summed E-state index contributed by atoms with van der Waals surface area (Å²) in [5.74, 6) is -0.349. The minimum atomic E-state index is -3.88. The van der Waals surface area contributed by atoms with Crippen molar-refractivity contribution in [2.45, 2.75) is 17.4 Å². The number of anilines is 1. The second-order valence-corrected chi connectivity index (χ2v) is 9.21. The Morgan fingerprint density at radius 2 is 1.64 bits per heavy atom. The molecule has 0 radical (unpaired) electrons. The molecule has 1 atom stereocenters. The van der Waals surface area contributed by atoms with Gasteiger partial charge in [-0.05, 0) is 48.4 Å². The van der Waals surface area contributed by atoms with Crippen LogP contribution in [-0.4, -0.2) is 37.1 Å². The maximum absolute atomic E-state index is 12.9. The first-order valence-electron chi connectivity index (χ1n) is 10.4. The quantitative estimate of drug-likeness (QED) is 0.373. The third kappa shape index (κ3) is 5.36. The van der Waals surface area contributed by atoms with E-state index in [1.807, 2.05) is 30.3 Å². The first-order chi connectivity index (χ1) is 16.0. The van der Waals surface area contributed by atoms with Crippen molar-refractivity contribution >= 4 is 32.5 Å². The van der Waals surface area contributed by atoms with Crippen LogP contribution < -0.4 is 10.0 Å². The zero-order valence-electron chi connectivity index (χ0n) is 17.7. The number of nitrogens with one attached hydrogen (secondary N) is 2. The number of para-hydroxylation sites is 1. The molecule has 4 rings (SSSR count). The third-order valence-electron chi connectivity index (χ3n) is 5.17. The molecule has 8 heteroatoms. The van der Waals surface area contributed by atoms with Crippen LogP contribution in [0.3, 0.4) is 0 Å². The van der Waals surface area contributed by atoms with E-state index in [-0.39, 0.29) is 17.4 Å². The molecular formula is C25H23N3O4S. The van der Waals surface area contributed by atoms with Gasteiger partial charge < -0.3 is 10.4 Å². The molecule has 1 aromatic heterocycles. The van der Waals surface area contributed by atoms with Gasteiger partial charge in [-0.3, -0.25) is 14.5 Å². The van der Waals surface area contributed by atoms with E-state index in [1.54, 1.807) is 30.5 Å². The Labute approximate surface area is 192 Å². The van der Waals surface area contributed by atoms with Crippen LogP contribution in [0.4, 0.5) is 5.69 Å². The molecule has 33 heavy (non-hydrogen) atoms. The summed E-state index contributed by atoms with van der Waals surface area (Å²) in [6, 6.07) is 23.8. The number of benzene rings is 3. The van der Waals surface area contributed by atoms with Gasteiger partial charge in [0.15, 0.2) is 0 Å². The smallest absolute Gasteiger partial charge is 0.264 e. The molecule has 168 valence electrons. The van der Waals surface area contributed by atoms with Gasteiger partial charge in [-0.15, -0.1) is 0 Å². The zero-order valence-corrected chi connectivity index (χ0v) is 18.5. The molecule has 0 saturated carbocycles. The number of sulfonamides is 1. The molecule has 4 aromatic rings. The van der Waals surface area contributed by atoms with Crippen LogP contribution in [0.1, 0.15) is 15.9 Å². The molecule has 1 amide bonds. The van der Waals surface area contributed by atoms with Crippen molar-refractivity contribution in [2.75, 3.05) is 11.3 Å². The van der Waals surface area contributed by atoms with E-state index in [9.17, 15) is 18.3 Å². The third-order valence-corrected chi connectivity index (χ3v) is 6.58. The Bertz CT molecular complexity index is 1350. The van der Waals surface area contributed by atoms with Crippen LogP contribution in [0.25, 0.3) is 10.9 Å². The molecular weight excluding hydrogens is 438 g/mol. The zero-order chi connectivity index (χ0) is 23.3. The molecule has 1 heterocycles. The predicted octanol–water partition coefficient (Wildman–Crippen LogP) is 3.37. The molecule has 0 spiro atoms. The van der Waals surface area contributed by atoms with Crippen molar-refractivity contribution in [3.05, 3.63) is 102 Å². The van der Waals surface area contributed by atoms with E-state index in [4.69, 9.17) is 0 Å². The number of carbonyl (C=O) groups is 1. The summed E-state index contributed by atoms with van der Waals surface area (Å²) in [4.78, 5) is 16.9. The van der Waals surface area contributed by atoms with E-state index >= 15 is 0 Å². The van der Waals surface area contributed by atoms with E-state index < -0.39 is 16.1 Å². The minimum absolute atomic E-state index is 0.0779. The average molecular weight is 462 g/mol. The molecule has 0 aliphatic carbocycles. The van der Waals surface area contributed by atoms with Crippen molar-refractivity contribution in [3.63, 3.8) is 0 Å². The number of nitrogens with zero attached hydrogens (tertiary/aromatic N) is 1. The first-order valence-corrected chi connectivity index (χ1v) is 11.9. The lowest BCUT2D eigenvalue weighted by Gasteiger charge is -2.17. The lowest BCUT2D eigenvalue weighted by Crippen LogP contribution is -2.39. The van der Waals surface area contributed by atoms with Crippen LogP contribution in [0.15, 0.2) is 96.0 Å². The molecule has 7 nitrogen and oxygen atoms in total. The number of aliphatic hydroxyl groups excluding tert-OH is 1. The van der Waals surface area contributed by atoms with Gasteiger partial charge in [0.2, 0.25) is 0 Å². The lowest BCUT2D eigenvalue weighted by molar-refractivity contribution is 0.0916. The second kappa shape index (κ2) is 9.81. The number of amides is 1. The molecule has 1 unspecified atom stereocenters. The highest BCUT2D eigenvalue weighted by atomic mass is 32.2. The summed E-state index contributed by atoms with van der Waals surface area (Å²) in [5.41, 5.74) is 2.07. The Balaban J connectivity index is 1.46. The number of aliphatic hydroxyl groups is 1. The van der Waals surface area contributed by atoms with Gasteiger partial charge in [0.1, 0.15) is 4.90 Å². The summed E-state index contributed by atoms with van der Waals surface area (Å²) >= 11 is 0. The van der Waals surface area contributed by atoms with E-state index in [1.165, 1.54) is 30.3 Å². The van der Waals surface area contributed by atoms with Crippen LogP contribution in [0, 0.1) is 0 Å². The highest BCUT2D eigenvalue weighted by Crippen LogP contribution is 2.23. The van der Waals surface area contributed by atoms with Gasteiger partial charge >= 0.3 is 0 Å². The SMILES string of the molecule is O=C(NC(CO)Cc1ccccc1)c1ccc(NS(=O)(=O)c2cccc3cccnc23)cc1. The molecule has 3 aromatic carbocycles. The molecule has 0 aliphatic rings. The fourth-order valence-electron chi connectivity index (χ4n) is 3.52. The predicted molar refractivity (Wildman–Crippen MR) is 127 cm³/mol. The molecule has 0 bridgehead atoms. The van der Waals surface area contributed by atoms with Crippen molar-refractivity contribution in [2.24, 2.45) is 0 Å². The maximum atomic E-state index is 12.9. The average Bonchev–Trinajstić information content (AvgIpc) is 2.84. The number of fused-ring (bicyclic) bond motifs is 1. The summed E-state index contributed by atoms with van der Waals surface area (Å²) in [6.45, 7) is -0.197. The van der Waals surface area contributed by atoms with Crippen LogP contribution in [0.2, 0.25) is 0 Å². The van der Waals surface area contributed by atoms with Crippen LogP contribution in [0.5, 0.6) is 0 Å². The monoisotopic (exact) mass is 461 g/mol. The van der Waals surface area contributed by atoms with Crippen LogP contribution >= 0.6 is 0 Å². The topological polar surface area (TPSA) is 108 Å². The number of hydrogen-bond acceptors (Lipinski definition) is 5. The fraction of sp³-hybridized carbons (Fsp3) is 0.120. The summed E-state index contributed by atoms with van der Waals surface area (Å²) in [7, 11) is -3.88. The molecule has 0 aliphatic heterocycles. The number of aromatic nitrogens is 1. The Kier molecular flexibility index (Phi) is 6.67. The van der Waals surface area contributed by atoms with Crippen molar-refractivity contribution < 1.29 is 18.3 Å². The Hall–Kier alpha value is -3.75. The van der Waals surface area contributed by atoms with Crippen molar-refractivity contribution in [1.82, 2.24) is 10.3 Å². The van der Waals surface area contributed by atoms with Crippen molar-refractivity contribution in [3.8, 4) is 0 Å². The number of rotatable bonds is 8. The van der Waals surface area contributed by atoms with E-state index in [2.05, 4.69) is 15.0 Å². The van der Waals surface area contributed by atoms with Crippen molar-refractivity contribution in [1.29, 1.82) is 0 Å². The molecule has 0 fully saturated rings. The standard InChI is InChI=1S/C25H23N3O4S/c29-17-22(16-18-6-2-1-3-7-18)27-25(30)20-11-13-21(14-12-20)28-33(31,32)23-10-4-8-19-9-5-15-26-24(19)23/h1-15,22,28-29H,16-17H2,(H,27,30). The minimum Gasteiger partial charge on any atom is -0.394 e. The Morgan fingerprint density at radius 3 is 2.36 bits per heavy atom. The highest BCUT2D eigenvalue weighted by Gasteiger charge is 2.19. The van der Waals surface area contributed by atoms with Gasteiger partial charge in [-0.25, -0.2) is 8.42 Å².